The van der Waals surface area contributed by atoms with Crippen molar-refractivity contribution in [3.63, 3.8) is 0 Å². The van der Waals surface area contributed by atoms with Crippen molar-refractivity contribution in [3.8, 4) is 17.1 Å². The summed E-state index contributed by atoms with van der Waals surface area (Å²) in [6.45, 7) is 3.93. The molecule has 0 aliphatic heterocycles. The number of carbonyl (C=O) groups is 1. The molecule has 1 N–H and O–H groups in total. The van der Waals surface area contributed by atoms with Gasteiger partial charge in [0.1, 0.15) is 0 Å². The van der Waals surface area contributed by atoms with Gasteiger partial charge in [-0.15, -0.1) is 10.2 Å². The Bertz CT molecular complexity index is 1240. The lowest BCUT2D eigenvalue weighted by atomic mass is 10.1. The number of pyridine rings is 1. The standard InChI is InChI=1S/C24H21Cl2N5OS/c1-3-16-4-6-21(7-5-16)31-22(17-8-10-27-11-9-17)29-30-24(31)33-15(2)23(32)28-20-13-18(25)12-19(26)14-20/h4-15H,3H2,1-2H3,(H,28,32). The molecule has 2 aromatic heterocycles. The van der Waals surface area contributed by atoms with Gasteiger partial charge < -0.3 is 5.32 Å². The molecular formula is C24H21Cl2N5OS. The normalized spacial score (nSPS) is 11.9. The van der Waals surface area contributed by atoms with Gasteiger partial charge in [0.15, 0.2) is 11.0 Å². The quantitative estimate of drug-likeness (QED) is 0.302. The molecule has 1 unspecified atom stereocenters. The second-order valence-corrected chi connectivity index (χ2v) is 9.49. The van der Waals surface area contributed by atoms with Gasteiger partial charge in [0.2, 0.25) is 5.91 Å². The maximum Gasteiger partial charge on any atom is 0.237 e. The fourth-order valence-corrected chi connectivity index (χ4v) is 4.62. The summed E-state index contributed by atoms with van der Waals surface area (Å²) in [7, 11) is 0. The fourth-order valence-electron chi connectivity index (χ4n) is 3.23. The highest BCUT2D eigenvalue weighted by Gasteiger charge is 2.22. The lowest BCUT2D eigenvalue weighted by Gasteiger charge is -2.14. The Morgan fingerprint density at radius 1 is 1.03 bits per heavy atom. The van der Waals surface area contributed by atoms with E-state index in [1.54, 1.807) is 30.6 Å². The molecule has 6 nitrogen and oxygen atoms in total. The number of amides is 1. The van der Waals surface area contributed by atoms with Gasteiger partial charge in [-0.1, -0.05) is 54.0 Å². The largest absolute Gasteiger partial charge is 0.325 e. The average molecular weight is 498 g/mol. The van der Waals surface area contributed by atoms with E-state index < -0.39 is 5.25 Å². The topological polar surface area (TPSA) is 72.7 Å². The molecule has 0 bridgehead atoms. The molecule has 1 amide bonds. The number of anilines is 1. The van der Waals surface area contributed by atoms with Crippen LogP contribution in [0.2, 0.25) is 10.0 Å². The lowest BCUT2D eigenvalue weighted by Crippen LogP contribution is -2.23. The van der Waals surface area contributed by atoms with Gasteiger partial charge >= 0.3 is 0 Å². The van der Waals surface area contributed by atoms with Crippen LogP contribution >= 0.6 is 35.0 Å². The van der Waals surface area contributed by atoms with Crippen LogP contribution in [0.4, 0.5) is 5.69 Å². The summed E-state index contributed by atoms with van der Waals surface area (Å²) in [5, 5.41) is 12.8. The molecule has 33 heavy (non-hydrogen) atoms. The zero-order chi connectivity index (χ0) is 23.4. The molecule has 4 rings (SSSR count). The third-order valence-corrected chi connectivity index (χ3v) is 6.44. The molecule has 168 valence electrons. The molecule has 0 fully saturated rings. The molecule has 4 aromatic rings. The number of benzene rings is 2. The van der Waals surface area contributed by atoms with E-state index in [0.717, 1.165) is 17.7 Å². The van der Waals surface area contributed by atoms with E-state index in [1.807, 2.05) is 35.8 Å². The van der Waals surface area contributed by atoms with E-state index in [0.29, 0.717) is 26.7 Å². The van der Waals surface area contributed by atoms with E-state index in [-0.39, 0.29) is 5.91 Å². The molecule has 2 heterocycles. The van der Waals surface area contributed by atoms with Crippen LogP contribution in [0.5, 0.6) is 0 Å². The van der Waals surface area contributed by atoms with Crippen LogP contribution in [-0.2, 0) is 11.2 Å². The molecule has 2 aromatic carbocycles. The first-order valence-corrected chi connectivity index (χ1v) is 12.0. The van der Waals surface area contributed by atoms with E-state index in [2.05, 4.69) is 39.6 Å². The third kappa shape index (κ3) is 5.55. The van der Waals surface area contributed by atoms with Crippen LogP contribution in [0.3, 0.4) is 0 Å². The SMILES string of the molecule is CCc1ccc(-n2c(SC(C)C(=O)Nc3cc(Cl)cc(Cl)c3)nnc2-c2ccncc2)cc1. The summed E-state index contributed by atoms with van der Waals surface area (Å²) in [6.07, 6.45) is 4.38. The monoisotopic (exact) mass is 497 g/mol. The summed E-state index contributed by atoms with van der Waals surface area (Å²) in [5.74, 6) is 0.484. The minimum absolute atomic E-state index is 0.195. The molecule has 9 heteroatoms. The molecule has 0 saturated carbocycles. The Morgan fingerprint density at radius 2 is 1.70 bits per heavy atom. The second-order valence-electron chi connectivity index (χ2n) is 7.30. The number of hydrogen-bond acceptors (Lipinski definition) is 5. The van der Waals surface area contributed by atoms with Crippen molar-refractivity contribution in [1.82, 2.24) is 19.7 Å². The van der Waals surface area contributed by atoms with Crippen molar-refractivity contribution in [1.29, 1.82) is 0 Å². The summed E-state index contributed by atoms with van der Waals surface area (Å²) >= 11 is 13.4. The van der Waals surface area contributed by atoms with Crippen LogP contribution in [0.25, 0.3) is 17.1 Å². The van der Waals surface area contributed by atoms with E-state index in [9.17, 15) is 4.79 Å². The number of aryl methyl sites for hydroxylation is 1. The predicted molar refractivity (Wildman–Crippen MR) is 134 cm³/mol. The lowest BCUT2D eigenvalue weighted by molar-refractivity contribution is -0.115. The van der Waals surface area contributed by atoms with E-state index >= 15 is 0 Å². The number of aromatic nitrogens is 4. The maximum absolute atomic E-state index is 12.9. The van der Waals surface area contributed by atoms with E-state index in [1.165, 1.54) is 17.3 Å². The highest BCUT2D eigenvalue weighted by Crippen LogP contribution is 2.31. The molecule has 0 saturated heterocycles. The van der Waals surface area contributed by atoms with Crippen molar-refractivity contribution in [2.45, 2.75) is 30.7 Å². The molecular weight excluding hydrogens is 477 g/mol. The van der Waals surface area contributed by atoms with Crippen molar-refractivity contribution < 1.29 is 4.79 Å². The summed E-state index contributed by atoms with van der Waals surface area (Å²) in [4.78, 5) is 17.0. The zero-order valence-electron chi connectivity index (χ0n) is 18.0. The van der Waals surface area contributed by atoms with Crippen molar-refractivity contribution >= 4 is 46.6 Å². The number of thioether (sulfide) groups is 1. The van der Waals surface area contributed by atoms with Crippen LogP contribution in [0.1, 0.15) is 19.4 Å². The average Bonchev–Trinajstić information content (AvgIpc) is 3.22. The Morgan fingerprint density at radius 3 is 2.33 bits per heavy atom. The number of nitrogens with zero attached hydrogens (tertiary/aromatic N) is 4. The Hall–Kier alpha value is -2.87. The fraction of sp³-hybridized carbons (Fsp3) is 0.167. The van der Waals surface area contributed by atoms with Crippen molar-refractivity contribution in [2.75, 3.05) is 5.32 Å². The Balaban J connectivity index is 1.64. The van der Waals surface area contributed by atoms with Gasteiger partial charge in [-0.05, 0) is 61.4 Å². The minimum Gasteiger partial charge on any atom is -0.325 e. The van der Waals surface area contributed by atoms with Crippen LogP contribution in [0.15, 0.2) is 72.1 Å². The van der Waals surface area contributed by atoms with Gasteiger partial charge in [0.25, 0.3) is 0 Å². The molecule has 0 radical (unpaired) electrons. The second kappa shape index (κ2) is 10.4. The minimum atomic E-state index is -0.453. The summed E-state index contributed by atoms with van der Waals surface area (Å²) in [5.41, 5.74) is 3.58. The maximum atomic E-state index is 12.9. The van der Waals surface area contributed by atoms with Gasteiger partial charge in [-0.25, -0.2) is 0 Å². The summed E-state index contributed by atoms with van der Waals surface area (Å²) in [6, 6.07) is 16.9. The molecule has 0 spiro atoms. The number of nitrogens with one attached hydrogen (secondary N) is 1. The van der Waals surface area contributed by atoms with Crippen LogP contribution in [0, 0.1) is 0 Å². The van der Waals surface area contributed by atoms with E-state index in [4.69, 9.17) is 23.2 Å². The zero-order valence-corrected chi connectivity index (χ0v) is 20.3. The van der Waals surface area contributed by atoms with Crippen molar-refractivity contribution in [3.05, 3.63) is 82.6 Å². The van der Waals surface area contributed by atoms with Crippen LogP contribution < -0.4 is 5.32 Å². The first kappa shape index (κ1) is 23.3. The highest BCUT2D eigenvalue weighted by molar-refractivity contribution is 8.00. The summed E-state index contributed by atoms with van der Waals surface area (Å²) < 4.78 is 1.96. The predicted octanol–water partition coefficient (Wildman–Crippen LogP) is 6.32. The Labute approximate surface area is 206 Å². The van der Waals surface area contributed by atoms with Gasteiger partial charge in [0, 0.05) is 39.4 Å². The van der Waals surface area contributed by atoms with Gasteiger partial charge in [-0.3, -0.25) is 14.3 Å². The molecule has 1 atom stereocenters. The first-order chi connectivity index (χ1) is 15.9. The van der Waals surface area contributed by atoms with Gasteiger partial charge in [0.05, 0.1) is 5.25 Å². The number of halogens is 2. The smallest absolute Gasteiger partial charge is 0.237 e. The number of rotatable bonds is 7. The molecule has 0 aliphatic carbocycles. The third-order valence-electron chi connectivity index (χ3n) is 4.96. The number of carbonyl (C=O) groups excluding carboxylic acids is 1. The van der Waals surface area contributed by atoms with Gasteiger partial charge in [-0.2, -0.15) is 0 Å². The first-order valence-electron chi connectivity index (χ1n) is 10.3. The Kier molecular flexibility index (Phi) is 7.33. The highest BCUT2D eigenvalue weighted by atomic mass is 35.5. The number of hydrogen-bond donors (Lipinski definition) is 1. The van der Waals surface area contributed by atoms with Crippen molar-refractivity contribution in [2.24, 2.45) is 0 Å². The molecule has 0 aliphatic rings. The van der Waals surface area contributed by atoms with Crippen LogP contribution in [-0.4, -0.2) is 30.9 Å².